The fraction of sp³-hybridized carbons (Fsp3) is 0.278. The van der Waals surface area contributed by atoms with Gasteiger partial charge < -0.3 is 15.0 Å². The van der Waals surface area contributed by atoms with E-state index in [1.807, 2.05) is 58.0 Å². The van der Waals surface area contributed by atoms with Crippen LogP contribution in [0, 0.1) is 6.92 Å². The monoisotopic (exact) mass is 661 g/mol. The fourth-order valence-electron chi connectivity index (χ4n) is 4.93. The van der Waals surface area contributed by atoms with E-state index in [0.29, 0.717) is 16.3 Å². The predicted molar refractivity (Wildman–Crippen MR) is 183 cm³/mol. The predicted octanol–water partition coefficient (Wildman–Crippen LogP) is 6.41. The van der Waals surface area contributed by atoms with Gasteiger partial charge in [0.2, 0.25) is 11.8 Å². The highest BCUT2D eigenvalue weighted by atomic mass is 35.5. The van der Waals surface area contributed by atoms with Crippen LogP contribution < -0.4 is 14.4 Å². The van der Waals surface area contributed by atoms with Crippen molar-refractivity contribution in [2.24, 2.45) is 0 Å². The summed E-state index contributed by atoms with van der Waals surface area (Å²) in [7, 11) is -2.70. The molecule has 2 amide bonds. The van der Waals surface area contributed by atoms with E-state index in [9.17, 15) is 18.0 Å². The highest BCUT2D eigenvalue weighted by molar-refractivity contribution is 7.92. The molecular formula is C36H40ClN3O5S. The standard InChI is InChI=1S/C36H40ClN3O5S/c1-26-15-21-31(22-16-26)46(43,44)40(29-17-19-30(45-5)20-18-29)25-34(41)39(24-28-13-9-10-14-32(28)37)33(35(42)38-36(2,3)4)23-27-11-7-6-8-12-27/h6-22,33H,23-25H2,1-5H3,(H,38,42). The molecule has 46 heavy (non-hydrogen) atoms. The summed E-state index contributed by atoms with van der Waals surface area (Å²) in [5.74, 6) is -0.407. The highest BCUT2D eigenvalue weighted by Gasteiger charge is 2.36. The minimum Gasteiger partial charge on any atom is -0.497 e. The van der Waals surface area contributed by atoms with E-state index in [-0.39, 0.29) is 29.5 Å². The molecule has 0 radical (unpaired) electrons. The SMILES string of the molecule is COc1ccc(N(CC(=O)N(Cc2ccccc2Cl)C(Cc2ccccc2)C(=O)NC(C)(C)C)S(=O)(=O)c2ccc(C)cc2)cc1. The molecule has 4 aromatic carbocycles. The van der Waals surface area contributed by atoms with Crippen LogP contribution in [0.25, 0.3) is 0 Å². The van der Waals surface area contributed by atoms with Gasteiger partial charge in [-0.1, -0.05) is 77.8 Å². The van der Waals surface area contributed by atoms with Crippen LogP contribution in [0.3, 0.4) is 0 Å². The van der Waals surface area contributed by atoms with Gasteiger partial charge in [-0.05, 0) is 81.3 Å². The second kappa shape index (κ2) is 14.8. The van der Waals surface area contributed by atoms with Crippen LogP contribution in [0.1, 0.15) is 37.5 Å². The van der Waals surface area contributed by atoms with Gasteiger partial charge in [0.1, 0.15) is 18.3 Å². The number of hydrogen-bond acceptors (Lipinski definition) is 5. The molecule has 1 unspecified atom stereocenters. The van der Waals surface area contributed by atoms with Crippen molar-refractivity contribution in [1.82, 2.24) is 10.2 Å². The lowest BCUT2D eigenvalue weighted by atomic mass is 10.0. The van der Waals surface area contributed by atoms with Gasteiger partial charge in [-0.15, -0.1) is 0 Å². The van der Waals surface area contributed by atoms with Gasteiger partial charge >= 0.3 is 0 Å². The van der Waals surface area contributed by atoms with Crippen LogP contribution in [0.15, 0.2) is 108 Å². The normalized spacial score (nSPS) is 12.2. The number of carbonyl (C=O) groups excluding carboxylic acids is 2. The van der Waals surface area contributed by atoms with E-state index in [2.05, 4.69) is 5.32 Å². The number of halogens is 1. The molecule has 0 saturated carbocycles. The van der Waals surface area contributed by atoms with Crippen LogP contribution in [0.2, 0.25) is 5.02 Å². The smallest absolute Gasteiger partial charge is 0.264 e. The summed E-state index contributed by atoms with van der Waals surface area (Å²) in [5, 5.41) is 3.45. The average molecular weight is 662 g/mol. The summed E-state index contributed by atoms with van der Waals surface area (Å²) in [5.41, 5.74) is 2.04. The first-order chi connectivity index (χ1) is 21.8. The quantitative estimate of drug-likeness (QED) is 0.189. The topological polar surface area (TPSA) is 96.0 Å². The number of aryl methyl sites for hydroxylation is 1. The van der Waals surface area contributed by atoms with E-state index in [0.717, 1.165) is 15.4 Å². The van der Waals surface area contributed by atoms with Gasteiger partial charge in [0.05, 0.1) is 17.7 Å². The van der Waals surface area contributed by atoms with Crippen molar-refractivity contribution >= 4 is 39.1 Å². The largest absolute Gasteiger partial charge is 0.497 e. The number of rotatable bonds is 12. The maximum Gasteiger partial charge on any atom is 0.264 e. The molecule has 0 bridgehead atoms. The number of sulfonamides is 1. The molecular weight excluding hydrogens is 622 g/mol. The molecule has 0 heterocycles. The number of methoxy groups -OCH3 is 1. The molecule has 1 N–H and O–H groups in total. The molecule has 0 aliphatic heterocycles. The molecule has 0 saturated heterocycles. The molecule has 0 aliphatic carbocycles. The van der Waals surface area contributed by atoms with E-state index in [1.165, 1.54) is 24.1 Å². The van der Waals surface area contributed by atoms with Gasteiger partial charge in [-0.25, -0.2) is 8.42 Å². The summed E-state index contributed by atoms with van der Waals surface area (Å²) < 4.78 is 34.7. The van der Waals surface area contributed by atoms with Crippen molar-refractivity contribution in [2.45, 2.75) is 57.1 Å². The molecule has 1 atom stereocenters. The van der Waals surface area contributed by atoms with Crippen molar-refractivity contribution in [1.29, 1.82) is 0 Å². The second-order valence-corrected chi connectivity index (χ2v) is 14.4. The van der Waals surface area contributed by atoms with Crippen molar-refractivity contribution in [3.63, 3.8) is 0 Å². The van der Waals surface area contributed by atoms with Crippen molar-refractivity contribution < 1.29 is 22.7 Å². The minimum atomic E-state index is -4.22. The van der Waals surface area contributed by atoms with Gasteiger partial charge in [0.25, 0.3) is 10.0 Å². The number of hydrogen-bond donors (Lipinski definition) is 1. The van der Waals surface area contributed by atoms with E-state index in [1.54, 1.807) is 60.7 Å². The Morgan fingerprint density at radius 2 is 1.48 bits per heavy atom. The molecule has 0 fully saturated rings. The molecule has 4 aromatic rings. The van der Waals surface area contributed by atoms with Crippen LogP contribution in [0.4, 0.5) is 5.69 Å². The van der Waals surface area contributed by atoms with Gasteiger partial charge in [-0.2, -0.15) is 0 Å². The maximum absolute atomic E-state index is 14.6. The first-order valence-corrected chi connectivity index (χ1v) is 16.7. The Balaban J connectivity index is 1.83. The molecule has 8 nitrogen and oxygen atoms in total. The number of nitrogens with one attached hydrogen (secondary N) is 1. The van der Waals surface area contributed by atoms with E-state index >= 15 is 0 Å². The van der Waals surface area contributed by atoms with Gasteiger partial charge in [-0.3, -0.25) is 13.9 Å². The zero-order chi connectivity index (χ0) is 33.5. The molecule has 10 heteroatoms. The molecule has 242 valence electrons. The van der Waals surface area contributed by atoms with Gasteiger partial charge in [0.15, 0.2) is 0 Å². The summed E-state index contributed by atoms with van der Waals surface area (Å²) in [6.45, 7) is 6.87. The third kappa shape index (κ3) is 8.89. The Labute approximate surface area is 277 Å². The molecule has 4 rings (SSSR count). The Hall–Kier alpha value is -4.34. The Morgan fingerprint density at radius 1 is 0.870 bits per heavy atom. The molecule has 0 aromatic heterocycles. The Bertz CT molecular complexity index is 1740. The molecule has 0 aliphatic rings. The lowest BCUT2D eigenvalue weighted by Crippen LogP contribution is -2.56. The first-order valence-electron chi connectivity index (χ1n) is 14.9. The number of ether oxygens (including phenoxy) is 1. The number of nitrogens with zero attached hydrogens (tertiary/aromatic N) is 2. The summed E-state index contributed by atoms with van der Waals surface area (Å²) in [6.07, 6.45) is 0.201. The zero-order valence-electron chi connectivity index (χ0n) is 26.7. The zero-order valence-corrected chi connectivity index (χ0v) is 28.3. The average Bonchev–Trinajstić information content (AvgIpc) is 3.02. The Kier molecular flexibility index (Phi) is 11.1. The van der Waals surface area contributed by atoms with E-state index < -0.39 is 34.1 Å². The van der Waals surface area contributed by atoms with Crippen molar-refractivity contribution in [3.05, 3.63) is 125 Å². The van der Waals surface area contributed by atoms with Crippen LogP contribution in [-0.4, -0.2) is 50.4 Å². The van der Waals surface area contributed by atoms with Crippen LogP contribution in [-0.2, 0) is 32.6 Å². The van der Waals surface area contributed by atoms with Crippen molar-refractivity contribution in [3.8, 4) is 5.75 Å². The van der Waals surface area contributed by atoms with Crippen molar-refractivity contribution in [2.75, 3.05) is 18.0 Å². The summed E-state index contributed by atoms with van der Waals surface area (Å²) in [6, 6.07) is 28.4. The fourth-order valence-corrected chi connectivity index (χ4v) is 6.54. The molecule has 0 spiro atoms. The van der Waals surface area contributed by atoms with Crippen LogP contribution in [0.5, 0.6) is 5.75 Å². The number of benzene rings is 4. The maximum atomic E-state index is 14.6. The lowest BCUT2D eigenvalue weighted by Gasteiger charge is -2.35. The minimum absolute atomic E-state index is 0.0192. The second-order valence-electron chi connectivity index (χ2n) is 12.1. The summed E-state index contributed by atoms with van der Waals surface area (Å²) >= 11 is 6.56. The lowest BCUT2D eigenvalue weighted by molar-refractivity contribution is -0.140. The number of anilines is 1. The third-order valence-corrected chi connectivity index (χ3v) is 9.47. The van der Waals surface area contributed by atoms with Gasteiger partial charge in [0, 0.05) is 23.5 Å². The third-order valence-electron chi connectivity index (χ3n) is 7.32. The highest BCUT2D eigenvalue weighted by Crippen LogP contribution is 2.28. The van der Waals surface area contributed by atoms with Crippen LogP contribution >= 0.6 is 11.6 Å². The van der Waals surface area contributed by atoms with E-state index in [4.69, 9.17) is 16.3 Å². The first kappa shape index (κ1) is 34.5. The Morgan fingerprint density at radius 3 is 2.07 bits per heavy atom. The summed E-state index contributed by atoms with van der Waals surface area (Å²) in [4.78, 5) is 30.0. The number of amides is 2. The number of carbonyl (C=O) groups is 2.